The summed E-state index contributed by atoms with van der Waals surface area (Å²) in [7, 11) is 0. The van der Waals surface area contributed by atoms with Crippen molar-refractivity contribution < 1.29 is 0 Å². The molecule has 108 valence electrons. The summed E-state index contributed by atoms with van der Waals surface area (Å²) in [5.74, 6) is 0. The van der Waals surface area contributed by atoms with E-state index in [4.69, 9.17) is 5.73 Å². The van der Waals surface area contributed by atoms with E-state index in [0.29, 0.717) is 0 Å². The Morgan fingerprint density at radius 1 is 1.24 bits per heavy atom. The second kappa shape index (κ2) is 6.00. The lowest BCUT2D eigenvalue weighted by atomic mass is 10.0. The van der Waals surface area contributed by atoms with Gasteiger partial charge >= 0.3 is 0 Å². The number of fused-ring (bicyclic) bond motifs is 1. The molecule has 1 atom stereocenters. The molecule has 1 aromatic heterocycles. The van der Waals surface area contributed by atoms with Gasteiger partial charge in [-0.25, -0.2) is 4.68 Å². The number of rotatable bonds is 4. The number of para-hydroxylation sites is 1. The van der Waals surface area contributed by atoms with Crippen molar-refractivity contribution in [1.82, 2.24) is 9.78 Å². The fourth-order valence-corrected chi connectivity index (χ4v) is 2.97. The zero-order valence-corrected chi connectivity index (χ0v) is 13.5. The molecule has 0 bridgehead atoms. The van der Waals surface area contributed by atoms with Crippen LogP contribution in [0.25, 0.3) is 16.6 Å². The number of benzene rings is 2. The van der Waals surface area contributed by atoms with E-state index in [-0.39, 0.29) is 6.04 Å². The summed E-state index contributed by atoms with van der Waals surface area (Å²) >= 11 is 3.66. The summed E-state index contributed by atoms with van der Waals surface area (Å²) in [5.41, 5.74) is 9.45. The van der Waals surface area contributed by atoms with E-state index in [0.717, 1.165) is 33.9 Å². The summed E-state index contributed by atoms with van der Waals surface area (Å²) < 4.78 is 3.05. The van der Waals surface area contributed by atoms with E-state index in [2.05, 4.69) is 58.3 Å². The molecule has 3 nitrogen and oxygen atoms in total. The highest BCUT2D eigenvalue weighted by Crippen LogP contribution is 2.24. The van der Waals surface area contributed by atoms with Gasteiger partial charge in [-0.15, -0.1) is 0 Å². The average Bonchev–Trinajstić information content (AvgIpc) is 2.93. The van der Waals surface area contributed by atoms with Gasteiger partial charge in [-0.2, -0.15) is 5.10 Å². The van der Waals surface area contributed by atoms with Gasteiger partial charge in [-0.3, -0.25) is 0 Å². The third kappa shape index (κ3) is 2.87. The first-order valence-electron chi connectivity index (χ1n) is 7.16. The maximum atomic E-state index is 6.04. The molecule has 2 aromatic carbocycles. The maximum absolute atomic E-state index is 6.04. The lowest BCUT2D eigenvalue weighted by Crippen LogP contribution is -2.21. The SMILES string of the molecule is CCC(N)Cc1ccc(-n2ncc3ccccc32)cc1Br. The maximum Gasteiger partial charge on any atom is 0.0741 e. The lowest BCUT2D eigenvalue weighted by molar-refractivity contribution is 0.645. The molecule has 3 aromatic rings. The minimum atomic E-state index is 0.206. The van der Waals surface area contributed by atoms with Gasteiger partial charge in [-0.1, -0.05) is 47.1 Å². The fraction of sp³-hybridized carbons (Fsp3) is 0.235. The highest BCUT2D eigenvalue weighted by atomic mass is 79.9. The Balaban J connectivity index is 1.98. The van der Waals surface area contributed by atoms with Crippen LogP contribution >= 0.6 is 15.9 Å². The summed E-state index contributed by atoms with van der Waals surface area (Å²) in [6.07, 6.45) is 3.76. The normalized spacial score (nSPS) is 12.7. The third-order valence-corrected chi connectivity index (χ3v) is 4.50. The van der Waals surface area contributed by atoms with Crippen LogP contribution in [0.5, 0.6) is 0 Å². The van der Waals surface area contributed by atoms with Crippen molar-refractivity contribution in [3.05, 3.63) is 58.7 Å². The van der Waals surface area contributed by atoms with Crippen molar-refractivity contribution in [2.45, 2.75) is 25.8 Å². The quantitative estimate of drug-likeness (QED) is 0.775. The predicted octanol–water partition coefficient (Wildman–Crippen LogP) is 4.07. The van der Waals surface area contributed by atoms with Crippen LogP contribution in [0.1, 0.15) is 18.9 Å². The molecule has 3 rings (SSSR count). The van der Waals surface area contributed by atoms with Crippen LogP contribution in [-0.2, 0) is 6.42 Å². The largest absolute Gasteiger partial charge is 0.327 e. The molecule has 0 saturated carbocycles. The molecule has 4 heteroatoms. The van der Waals surface area contributed by atoms with E-state index in [1.165, 1.54) is 5.56 Å². The standard InChI is InChI=1S/C17H18BrN3/c1-2-14(19)9-12-7-8-15(10-16(12)18)21-17-6-4-3-5-13(17)11-20-21/h3-8,10-11,14H,2,9,19H2,1H3. The van der Waals surface area contributed by atoms with E-state index >= 15 is 0 Å². The van der Waals surface area contributed by atoms with Crippen LogP contribution < -0.4 is 5.73 Å². The van der Waals surface area contributed by atoms with Crippen LogP contribution in [0.15, 0.2) is 53.1 Å². The molecular weight excluding hydrogens is 326 g/mol. The molecule has 0 spiro atoms. The smallest absolute Gasteiger partial charge is 0.0741 e. The van der Waals surface area contributed by atoms with Gasteiger partial charge in [0, 0.05) is 15.9 Å². The van der Waals surface area contributed by atoms with Crippen molar-refractivity contribution >= 4 is 26.8 Å². The predicted molar refractivity (Wildman–Crippen MR) is 90.7 cm³/mol. The Kier molecular flexibility index (Phi) is 4.08. The van der Waals surface area contributed by atoms with E-state index in [9.17, 15) is 0 Å². The third-order valence-electron chi connectivity index (χ3n) is 3.76. The molecule has 0 aliphatic heterocycles. The molecule has 1 unspecified atom stereocenters. The van der Waals surface area contributed by atoms with Gasteiger partial charge in [0.1, 0.15) is 0 Å². The molecule has 2 N–H and O–H groups in total. The van der Waals surface area contributed by atoms with Crippen molar-refractivity contribution in [3.8, 4) is 5.69 Å². The van der Waals surface area contributed by atoms with Gasteiger partial charge in [-0.05, 0) is 36.6 Å². The van der Waals surface area contributed by atoms with E-state index in [1.54, 1.807) is 0 Å². The second-order valence-corrected chi connectivity index (χ2v) is 6.12. The first kappa shape index (κ1) is 14.3. The summed E-state index contributed by atoms with van der Waals surface area (Å²) in [4.78, 5) is 0. The van der Waals surface area contributed by atoms with Gasteiger partial charge < -0.3 is 5.73 Å². The van der Waals surface area contributed by atoms with Crippen molar-refractivity contribution in [2.24, 2.45) is 5.73 Å². The molecular formula is C17H18BrN3. The van der Waals surface area contributed by atoms with Gasteiger partial charge in [0.25, 0.3) is 0 Å². The van der Waals surface area contributed by atoms with Crippen LogP contribution in [0, 0.1) is 0 Å². The van der Waals surface area contributed by atoms with Crippen molar-refractivity contribution in [2.75, 3.05) is 0 Å². The van der Waals surface area contributed by atoms with Crippen LogP contribution in [0.2, 0.25) is 0 Å². The van der Waals surface area contributed by atoms with Crippen LogP contribution in [-0.4, -0.2) is 15.8 Å². The zero-order valence-electron chi connectivity index (χ0n) is 12.0. The number of aromatic nitrogens is 2. The number of halogens is 1. The summed E-state index contributed by atoms with van der Waals surface area (Å²) in [6.45, 7) is 2.11. The van der Waals surface area contributed by atoms with Gasteiger partial charge in [0.15, 0.2) is 0 Å². The Labute approximate surface area is 132 Å². The molecule has 0 saturated heterocycles. The minimum absolute atomic E-state index is 0.206. The first-order valence-corrected chi connectivity index (χ1v) is 7.95. The number of hydrogen-bond donors (Lipinski definition) is 1. The Morgan fingerprint density at radius 3 is 2.81 bits per heavy atom. The molecule has 1 heterocycles. The van der Waals surface area contributed by atoms with Crippen molar-refractivity contribution in [3.63, 3.8) is 0 Å². The molecule has 0 fully saturated rings. The molecule has 0 aliphatic carbocycles. The van der Waals surface area contributed by atoms with E-state index < -0.39 is 0 Å². The number of hydrogen-bond acceptors (Lipinski definition) is 2. The molecule has 0 aliphatic rings. The molecule has 0 amide bonds. The minimum Gasteiger partial charge on any atom is -0.327 e. The lowest BCUT2D eigenvalue weighted by Gasteiger charge is -2.12. The number of nitrogens with zero attached hydrogens (tertiary/aromatic N) is 2. The van der Waals surface area contributed by atoms with Crippen LogP contribution in [0.3, 0.4) is 0 Å². The number of nitrogens with two attached hydrogens (primary N) is 1. The molecule has 21 heavy (non-hydrogen) atoms. The Hall–Kier alpha value is -1.65. The van der Waals surface area contributed by atoms with Crippen molar-refractivity contribution in [1.29, 1.82) is 0 Å². The monoisotopic (exact) mass is 343 g/mol. The summed E-state index contributed by atoms with van der Waals surface area (Å²) in [5, 5.41) is 5.63. The van der Waals surface area contributed by atoms with Gasteiger partial charge in [0.05, 0.1) is 17.4 Å². The topological polar surface area (TPSA) is 43.8 Å². The average molecular weight is 344 g/mol. The fourth-order valence-electron chi connectivity index (χ4n) is 2.44. The Bertz CT molecular complexity index is 764. The Morgan fingerprint density at radius 2 is 2.05 bits per heavy atom. The first-order chi connectivity index (χ1) is 10.2. The molecule has 0 radical (unpaired) electrons. The van der Waals surface area contributed by atoms with Gasteiger partial charge in [0.2, 0.25) is 0 Å². The zero-order chi connectivity index (χ0) is 14.8. The van der Waals surface area contributed by atoms with E-state index in [1.807, 2.05) is 23.0 Å². The second-order valence-electron chi connectivity index (χ2n) is 5.26. The summed E-state index contributed by atoms with van der Waals surface area (Å²) in [6, 6.07) is 14.8. The highest BCUT2D eigenvalue weighted by Gasteiger charge is 2.09. The van der Waals surface area contributed by atoms with Crippen LogP contribution in [0.4, 0.5) is 0 Å². The highest BCUT2D eigenvalue weighted by molar-refractivity contribution is 9.10.